The van der Waals surface area contributed by atoms with E-state index in [1.807, 2.05) is 50.2 Å². The van der Waals surface area contributed by atoms with Gasteiger partial charge in [-0.15, -0.1) is 0 Å². The molecule has 4 rings (SSSR count). The average molecular weight is 425 g/mol. The van der Waals surface area contributed by atoms with Crippen LogP contribution in [0, 0.1) is 13.8 Å². The lowest BCUT2D eigenvalue weighted by molar-refractivity contribution is -0.136. The SMILES string of the molecule is Cc1cc(C)cc(NC(=O)C(=O)NC[C@@H](c2ccc3c(c2)OCO3)N2CCOCC2)c1. The lowest BCUT2D eigenvalue weighted by Gasteiger charge is -2.34. The highest BCUT2D eigenvalue weighted by molar-refractivity contribution is 6.39. The Labute approximate surface area is 181 Å². The number of nitrogens with one attached hydrogen (secondary N) is 2. The molecule has 0 spiro atoms. The third-order valence-corrected chi connectivity index (χ3v) is 5.41. The van der Waals surface area contributed by atoms with Crippen LogP contribution in [-0.2, 0) is 14.3 Å². The van der Waals surface area contributed by atoms with E-state index in [1.165, 1.54) is 0 Å². The lowest BCUT2D eigenvalue weighted by atomic mass is 10.0. The topological polar surface area (TPSA) is 89.1 Å². The van der Waals surface area contributed by atoms with Crippen LogP contribution < -0.4 is 20.1 Å². The van der Waals surface area contributed by atoms with E-state index in [1.54, 1.807) is 0 Å². The molecule has 2 aromatic carbocycles. The van der Waals surface area contributed by atoms with Crippen LogP contribution in [0.3, 0.4) is 0 Å². The van der Waals surface area contributed by atoms with Crippen molar-refractivity contribution in [2.24, 2.45) is 0 Å². The fraction of sp³-hybridized carbons (Fsp3) is 0.391. The summed E-state index contributed by atoms with van der Waals surface area (Å²) >= 11 is 0. The molecule has 2 aromatic rings. The van der Waals surface area contributed by atoms with Crippen LogP contribution in [0.5, 0.6) is 11.5 Å². The van der Waals surface area contributed by atoms with Crippen LogP contribution >= 0.6 is 0 Å². The van der Waals surface area contributed by atoms with Gasteiger partial charge in [0, 0.05) is 25.3 Å². The summed E-state index contributed by atoms with van der Waals surface area (Å²) in [6, 6.07) is 11.3. The number of rotatable bonds is 5. The highest BCUT2D eigenvalue weighted by atomic mass is 16.7. The number of carbonyl (C=O) groups is 2. The largest absolute Gasteiger partial charge is 0.454 e. The Hall–Kier alpha value is -3.10. The van der Waals surface area contributed by atoms with Gasteiger partial charge in [-0.2, -0.15) is 0 Å². The molecule has 1 saturated heterocycles. The van der Waals surface area contributed by atoms with Gasteiger partial charge in [-0.25, -0.2) is 0 Å². The van der Waals surface area contributed by atoms with Crippen LogP contribution in [-0.4, -0.2) is 56.4 Å². The smallest absolute Gasteiger partial charge is 0.313 e. The van der Waals surface area contributed by atoms with Crippen LogP contribution in [0.1, 0.15) is 22.7 Å². The molecule has 164 valence electrons. The van der Waals surface area contributed by atoms with Crippen LogP contribution in [0.15, 0.2) is 36.4 Å². The monoisotopic (exact) mass is 425 g/mol. The summed E-state index contributed by atoms with van der Waals surface area (Å²) < 4.78 is 16.4. The molecule has 0 bridgehead atoms. The maximum absolute atomic E-state index is 12.5. The number of hydrogen-bond donors (Lipinski definition) is 2. The minimum atomic E-state index is -0.684. The molecule has 2 N–H and O–H groups in total. The Morgan fingerprint density at radius 2 is 1.68 bits per heavy atom. The van der Waals surface area contributed by atoms with Gasteiger partial charge in [0.25, 0.3) is 0 Å². The Balaban J connectivity index is 1.44. The van der Waals surface area contributed by atoms with Gasteiger partial charge >= 0.3 is 11.8 Å². The number of morpholine rings is 1. The summed E-state index contributed by atoms with van der Waals surface area (Å²) in [5, 5.41) is 5.47. The van der Waals surface area contributed by atoms with E-state index in [4.69, 9.17) is 14.2 Å². The van der Waals surface area contributed by atoms with Gasteiger partial charge in [0.15, 0.2) is 11.5 Å². The van der Waals surface area contributed by atoms with Crippen molar-refractivity contribution in [3.63, 3.8) is 0 Å². The predicted octanol–water partition coefficient (Wildman–Crippen LogP) is 2.16. The highest BCUT2D eigenvalue weighted by Gasteiger charge is 2.26. The van der Waals surface area contributed by atoms with Crippen molar-refractivity contribution in [2.45, 2.75) is 19.9 Å². The minimum absolute atomic E-state index is 0.114. The molecule has 31 heavy (non-hydrogen) atoms. The summed E-state index contributed by atoms with van der Waals surface area (Å²) in [5.74, 6) is 0.0468. The molecule has 0 aromatic heterocycles. The summed E-state index contributed by atoms with van der Waals surface area (Å²) in [7, 11) is 0. The first-order chi connectivity index (χ1) is 15.0. The molecular weight excluding hydrogens is 398 g/mol. The molecule has 1 fully saturated rings. The van der Waals surface area contributed by atoms with E-state index < -0.39 is 11.8 Å². The summed E-state index contributed by atoms with van der Waals surface area (Å²) in [6.07, 6.45) is 0. The Morgan fingerprint density at radius 3 is 2.42 bits per heavy atom. The molecule has 0 unspecified atom stereocenters. The van der Waals surface area contributed by atoms with Gasteiger partial charge in [0.05, 0.1) is 19.3 Å². The maximum atomic E-state index is 12.5. The van der Waals surface area contributed by atoms with Crippen molar-refractivity contribution in [1.29, 1.82) is 0 Å². The maximum Gasteiger partial charge on any atom is 0.313 e. The van der Waals surface area contributed by atoms with Crippen molar-refractivity contribution < 1.29 is 23.8 Å². The number of benzene rings is 2. The third-order valence-electron chi connectivity index (χ3n) is 5.41. The minimum Gasteiger partial charge on any atom is -0.454 e. The molecule has 2 aliphatic heterocycles. The van der Waals surface area contributed by atoms with E-state index in [9.17, 15) is 9.59 Å². The van der Waals surface area contributed by atoms with Gasteiger partial charge in [-0.1, -0.05) is 12.1 Å². The fourth-order valence-corrected chi connectivity index (χ4v) is 3.97. The van der Waals surface area contributed by atoms with Gasteiger partial charge in [-0.05, 0) is 54.8 Å². The molecule has 1 atom stereocenters. The van der Waals surface area contributed by atoms with Crippen molar-refractivity contribution in [1.82, 2.24) is 10.2 Å². The fourth-order valence-electron chi connectivity index (χ4n) is 3.97. The molecule has 2 aliphatic rings. The molecule has 8 nitrogen and oxygen atoms in total. The van der Waals surface area contributed by atoms with Gasteiger partial charge in [-0.3, -0.25) is 14.5 Å². The molecule has 2 heterocycles. The van der Waals surface area contributed by atoms with E-state index in [0.29, 0.717) is 36.9 Å². The number of ether oxygens (including phenoxy) is 3. The van der Waals surface area contributed by atoms with E-state index in [-0.39, 0.29) is 12.8 Å². The number of aryl methyl sites for hydroxylation is 2. The number of nitrogens with zero attached hydrogens (tertiary/aromatic N) is 1. The van der Waals surface area contributed by atoms with Gasteiger partial charge in [0.2, 0.25) is 6.79 Å². The standard InChI is InChI=1S/C23H27N3O5/c1-15-9-16(2)11-18(10-15)25-23(28)22(27)24-13-19(26-5-7-29-8-6-26)17-3-4-20-21(12-17)31-14-30-20/h3-4,9-12,19H,5-8,13-14H2,1-2H3,(H,24,27)(H,25,28)/t19-/m0/s1. The summed E-state index contributed by atoms with van der Waals surface area (Å²) in [4.78, 5) is 27.2. The van der Waals surface area contributed by atoms with Crippen molar-refractivity contribution in [3.8, 4) is 11.5 Å². The zero-order chi connectivity index (χ0) is 21.8. The average Bonchev–Trinajstić information content (AvgIpc) is 3.22. The summed E-state index contributed by atoms with van der Waals surface area (Å²) in [5.41, 5.74) is 3.64. The van der Waals surface area contributed by atoms with Crippen molar-refractivity contribution in [3.05, 3.63) is 53.1 Å². The number of anilines is 1. The predicted molar refractivity (Wildman–Crippen MR) is 115 cm³/mol. The van der Waals surface area contributed by atoms with Gasteiger partial charge < -0.3 is 24.8 Å². The second kappa shape index (κ2) is 9.36. The molecule has 8 heteroatoms. The van der Waals surface area contributed by atoms with Crippen molar-refractivity contribution >= 4 is 17.5 Å². The lowest BCUT2D eigenvalue weighted by Crippen LogP contribution is -2.45. The number of carbonyl (C=O) groups excluding carboxylic acids is 2. The van der Waals surface area contributed by atoms with E-state index >= 15 is 0 Å². The Kier molecular flexibility index (Phi) is 6.39. The molecule has 0 aliphatic carbocycles. The Morgan fingerprint density at radius 1 is 0.968 bits per heavy atom. The Bertz CT molecular complexity index is 951. The molecule has 0 saturated carbocycles. The first kappa shape index (κ1) is 21.1. The van der Waals surface area contributed by atoms with Crippen LogP contribution in [0.25, 0.3) is 0 Å². The number of amides is 2. The first-order valence-electron chi connectivity index (χ1n) is 10.4. The van der Waals surface area contributed by atoms with Gasteiger partial charge in [0.1, 0.15) is 0 Å². The van der Waals surface area contributed by atoms with E-state index in [0.717, 1.165) is 29.8 Å². The number of fused-ring (bicyclic) bond motifs is 1. The highest BCUT2D eigenvalue weighted by Crippen LogP contribution is 2.35. The number of hydrogen-bond acceptors (Lipinski definition) is 6. The first-order valence-corrected chi connectivity index (χ1v) is 10.4. The van der Waals surface area contributed by atoms with Crippen molar-refractivity contribution in [2.75, 3.05) is 45.0 Å². The normalized spacial score (nSPS) is 16.6. The van der Waals surface area contributed by atoms with E-state index in [2.05, 4.69) is 15.5 Å². The second-order valence-electron chi connectivity index (χ2n) is 7.82. The van der Waals surface area contributed by atoms with Crippen LogP contribution in [0.4, 0.5) is 5.69 Å². The van der Waals surface area contributed by atoms with Crippen LogP contribution in [0.2, 0.25) is 0 Å². The second-order valence-corrected chi connectivity index (χ2v) is 7.82. The zero-order valence-corrected chi connectivity index (χ0v) is 17.8. The third kappa shape index (κ3) is 5.15. The zero-order valence-electron chi connectivity index (χ0n) is 17.8. The molecule has 0 radical (unpaired) electrons. The molecule has 2 amide bonds. The molecular formula is C23H27N3O5. The summed E-state index contributed by atoms with van der Waals surface area (Å²) in [6.45, 7) is 7.12. The quantitative estimate of drug-likeness (QED) is 0.714.